The van der Waals surface area contributed by atoms with Gasteiger partial charge in [0.2, 0.25) is 5.82 Å². The normalized spacial score (nSPS) is 10.3. The van der Waals surface area contributed by atoms with E-state index in [0.717, 1.165) is 16.8 Å². The Hall–Kier alpha value is -4.18. The number of fused-ring (bicyclic) bond motifs is 1. The summed E-state index contributed by atoms with van der Waals surface area (Å²) < 4.78 is 0. The Morgan fingerprint density at radius 2 is 2.04 bits per heavy atom. The summed E-state index contributed by atoms with van der Waals surface area (Å²) in [5, 5.41) is 3.95. The standard InChI is InChI=1S/C21H16N6O/c22-20(28)17-12-26-21-18(17)13-25-19(27-21)5-4-14-2-1-3-16(10-14)24-11-15-6-8-23-9-7-15/h1-3,6-10,12-13,24H,11H2,(H2,22,28)(H,25,26,27). The molecular formula is C21H16N6O. The van der Waals surface area contributed by atoms with Crippen LogP contribution in [0.25, 0.3) is 11.0 Å². The molecule has 0 bridgehead atoms. The first-order valence-electron chi connectivity index (χ1n) is 8.58. The van der Waals surface area contributed by atoms with Crippen molar-refractivity contribution in [3.05, 3.63) is 83.7 Å². The lowest BCUT2D eigenvalue weighted by molar-refractivity contribution is 0.100. The largest absolute Gasteiger partial charge is 0.381 e. The first-order chi connectivity index (χ1) is 13.7. The third-order valence-corrected chi connectivity index (χ3v) is 4.12. The van der Waals surface area contributed by atoms with Crippen LogP contribution in [0.15, 0.2) is 61.2 Å². The number of primary amides is 1. The fourth-order valence-electron chi connectivity index (χ4n) is 2.71. The van der Waals surface area contributed by atoms with Gasteiger partial charge in [-0.1, -0.05) is 12.0 Å². The van der Waals surface area contributed by atoms with E-state index in [9.17, 15) is 4.79 Å². The predicted octanol–water partition coefficient (Wildman–Crippen LogP) is 2.46. The molecule has 0 atom stereocenters. The molecule has 28 heavy (non-hydrogen) atoms. The van der Waals surface area contributed by atoms with Crippen molar-refractivity contribution in [1.82, 2.24) is 19.9 Å². The van der Waals surface area contributed by atoms with E-state index < -0.39 is 5.91 Å². The SMILES string of the molecule is NC(=O)c1c[nH]c2nc(C#Cc3cccc(NCc4ccncc4)c3)ncc12. The summed E-state index contributed by atoms with van der Waals surface area (Å²) in [6.07, 6.45) is 6.62. The van der Waals surface area contributed by atoms with Crippen LogP contribution in [-0.2, 0) is 6.54 Å². The lowest BCUT2D eigenvalue weighted by atomic mass is 10.2. The molecular weight excluding hydrogens is 352 g/mol. The highest BCUT2D eigenvalue weighted by molar-refractivity contribution is 6.04. The molecule has 7 nitrogen and oxygen atoms in total. The van der Waals surface area contributed by atoms with E-state index >= 15 is 0 Å². The Morgan fingerprint density at radius 1 is 1.18 bits per heavy atom. The summed E-state index contributed by atoms with van der Waals surface area (Å²) >= 11 is 0. The number of hydrogen-bond acceptors (Lipinski definition) is 5. The lowest BCUT2D eigenvalue weighted by Gasteiger charge is -2.06. The maximum absolute atomic E-state index is 11.4. The van der Waals surface area contributed by atoms with Crippen LogP contribution in [0.2, 0.25) is 0 Å². The molecule has 136 valence electrons. The van der Waals surface area contributed by atoms with Crippen molar-refractivity contribution in [3.8, 4) is 11.8 Å². The summed E-state index contributed by atoms with van der Waals surface area (Å²) in [4.78, 5) is 26.8. The fourth-order valence-corrected chi connectivity index (χ4v) is 2.71. The number of pyridine rings is 1. The number of aromatic nitrogens is 4. The number of carbonyl (C=O) groups excluding carboxylic acids is 1. The van der Waals surface area contributed by atoms with Gasteiger partial charge in [0.1, 0.15) is 5.65 Å². The first-order valence-corrected chi connectivity index (χ1v) is 8.58. The van der Waals surface area contributed by atoms with Crippen LogP contribution < -0.4 is 11.1 Å². The zero-order valence-electron chi connectivity index (χ0n) is 14.8. The van der Waals surface area contributed by atoms with Gasteiger partial charge in [-0.3, -0.25) is 9.78 Å². The topological polar surface area (TPSA) is 110 Å². The molecule has 4 N–H and O–H groups in total. The minimum Gasteiger partial charge on any atom is -0.381 e. The van der Waals surface area contributed by atoms with E-state index in [1.807, 2.05) is 36.4 Å². The van der Waals surface area contributed by atoms with Crippen molar-refractivity contribution in [2.24, 2.45) is 5.73 Å². The zero-order valence-corrected chi connectivity index (χ0v) is 14.8. The molecule has 0 aliphatic carbocycles. The summed E-state index contributed by atoms with van der Waals surface area (Å²) in [5.74, 6) is 5.85. The van der Waals surface area contributed by atoms with Crippen LogP contribution in [0.5, 0.6) is 0 Å². The van der Waals surface area contributed by atoms with Gasteiger partial charge in [-0.05, 0) is 41.8 Å². The van der Waals surface area contributed by atoms with Crippen LogP contribution in [0.3, 0.4) is 0 Å². The number of nitrogens with two attached hydrogens (primary N) is 1. The number of aromatic amines is 1. The minimum atomic E-state index is -0.523. The monoisotopic (exact) mass is 368 g/mol. The van der Waals surface area contributed by atoms with Gasteiger partial charge in [0, 0.05) is 48.0 Å². The Labute approximate surface area is 161 Å². The first kappa shape index (κ1) is 17.2. The van der Waals surface area contributed by atoms with Gasteiger partial charge in [-0.25, -0.2) is 9.97 Å². The molecule has 0 aliphatic rings. The second-order valence-electron chi connectivity index (χ2n) is 6.06. The Morgan fingerprint density at radius 3 is 2.86 bits per heavy atom. The number of amides is 1. The number of carbonyl (C=O) groups is 1. The van der Waals surface area contributed by atoms with Gasteiger partial charge >= 0.3 is 0 Å². The molecule has 0 radical (unpaired) electrons. The number of rotatable bonds is 4. The van der Waals surface area contributed by atoms with Crippen molar-refractivity contribution in [2.75, 3.05) is 5.32 Å². The smallest absolute Gasteiger partial charge is 0.250 e. The Bertz CT molecular complexity index is 1200. The van der Waals surface area contributed by atoms with Crippen LogP contribution >= 0.6 is 0 Å². The number of nitrogens with one attached hydrogen (secondary N) is 2. The quantitative estimate of drug-likeness (QED) is 0.479. The van der Waals surface area contributed by atoms with Crippen LogP contribution in [0, 0.1) is 11.8 Å². The maximum atomic E-state index is 11.4. The van der Waals surface area contributed by atoms with Gasteiger partial charge in [0.05, 0.1) is 5.56 Å². The lowest BCUT2D eigenvalue weighted by Crippen LogP contribution is -2.10. The van der Waals surface area contributed by atoms with Crippen molar-refractivity contribution < 1.29 is 4.79 Å². The second kappa shape index (κ2) is 7.60. The van der Waals surface area contributed by atoms with Gasteiger partial charge in [-0.2, -0.15) is 0 Å². The fraction of sp³-hybridized carbons (Fsp3) is 0.0476. The molecule has 1 amide bonds. The molecule has 0 unspecified atom stereocenters. The predicted molar refractivity (Wildman–Crippen MR) is 106 cm³/mol. The van der Waals surface area contributed by atoms with E-state index in [-0.39, 0.29) is 0 Å². The van der Waals surface area contributed by atoms with Gasteiger partial charge < -0.3 is 16.0 Å². The van der Waals surface area contributed by atoms with Crippen molar-refractivity contribution in [2.45, 2.75) is 6.54 Å². The van der Waals surface area contributed by atoms with E-state index in [0.29, 0.717) is 29.0 Å². The molecule has 4 aromatic rings. The Balaban J connectivity index is 1.51. The highest BCUT2D eigenvalue weighted by atomic mass is 16.1. The molecule has 0 saturated carbocycles. The second-order valence-corrected chi connectivity index (χ2v) is 6.06. The highest BCUT2D eigenvalue weighted by Gasteiger charge is 2.10. The molecule has 3 aromatic heterocycles. The highest BCUT2D eigenvalue weighted by Crippen LogP contribution is 2.15. The average Bonchev–Trinajstić information content (AvgIpc) is 3.15. The van der Waals surface area contributed by atoms with E-state index in [1.54, 1.807) is 18.6 Å². The number of anilines is 1. The molecule has 4 rings (SSSR count). The van der Waals surface area contributed by atoms with E-state index in [4.69, 9.17) is 5.73 Å². The average molecular weight is 368 g/mol. The maximum Gasteiger partial charge on any atom is 0.250 e. The zero-order chi connectivity index (χ0) is 19.3. The summed E-state index contributed by atoms with van der Waals surface area (Å²) in [6, 6.07) is 11.7. The molecule has 1 aromatic carbocycles. The van der Waals surface area contributed by atoms with Gasteiger partial charge in [0.15, 0.2) is 0 Å². The van der Waals surface area contributed by atoms with Crippen molar-refractivity contribution >= 4 is 22.6 Å². The number of hydrogen-bond donors (Lipinski definition) is 3. The number of nitrogens with zero attached hydrogens (tertiary/aromatic N) is 3. The minimum absolute atomic E-state index is 0.362. The summed E-state index contributed by atoms with van der Waals surface area (Å²) in [6.45, 7) is 0.703. The third kappa shape index (κ3) is 3.81. The molecule has 3 heterocycles. The Kier molecular flexibility index (Phi) is 4.68. The van der Waals surface area contributed by atoms with E-state index in [1.165, 1.54) is 6.20 Å². The van der Waals surface area contributed by atoms with Crippen molar-refractivity contribution in [3.63, 3.8) is 0 Å². The molecule has 0 fully saturated rings. The summed E-state index contributed by atoms with van der Waals surface area (Å²) in [7, 11) is 0. The van der Waals surface area contributed by atoms with Crippen LogP contribution in [-0.4, -0.2) is 25.8 Å². The van der Waals surface area contributed by atoms with Crippen LogP contribution in [0.4, 0.5) is 5.69 Å². The number of H-pyrrole nitrogens is 1. The molecule has 0 spiro atoms. The van der Waals surface area contributed by atoms with Crippen LogP contribution in [0.1, 0.15) is 27.3 Å². The van der Waals surface area contributed by atoms with Gasteiger partial charge in [-0.15, -0.1) is 0 Å². The molecule has 0 saturated heterocycles. The molecule has 7 heteroatoms. The van der Waals surface area contributed by atoms with E-state index in [2.05, 4.69) is 37.1 Å². The van der Waals surface area contributed by atoms with Gasteiger partial charge in [0.25, 0.3) is 5.91 Å². The number of benzene rings is 1. The van der Waals surface area contributed by atoms with Crippen molar-refractivity contribution in [1.29, 1.82) is 0 Å². The summed E-state index contributed by atoms with van der Waals surface area (Å²) in [5.41, 5.74) is 9.17. The third-order valence-electron chi connectivity index (χ3n) is 4.12. The molecule has 0 aliphatic heterocycles.